The summed E-state index contributed by atoms with van der Waals surface area (Å²) in [5.74, 6) is 0.118. The Kier molecular flexibility index (Phi) is 11.9. The van der Waals surface area contributed by atoms with E-state index in [1.165, 1.54) is 4.90 Å². The van der Waals surface area contributed by atoms with Crippen LogP contribution in [-0.2, 0) is 22.6 Å². The Hall–Kier alpha value is -3.03. The largest absolute Gasteiger partial charge is 0.443 e. The number of unbranched alkanes of at least 4 members (excludes halogenated alkanes) is 1. The third kappa shape index (κ3) is 12.1. The number of carbonyl (C=O) groups is 2. The van der Waals surface area contributed by atoms with Gasteiger partial charge in [-0.3, -0.25) is 0 Å². The molecule has 0 fully saturated rings. The van der Waals surface area contributed by atoms with E-state index in [4.69, 9.17) is 32.7 Å². The molecule has 2 aromatic rings. The van der Waals surface area contributed by atoms with E-state index in [0.29, 0.717) is 29.6 Å². The van der Waals surface area contributed by atoms with Crippen LogP contribution in [0.25, 0.3) is 0 Å². The van der Waals surface area contributed by atoms with Gasteiger partial charge in [0.15, 0.2) is 0 Å². The minimum absolute atomic E-state index is 0.0896. The van der Waals surface area contributed by atoms with Gasteiger partial charge in [0, 0.05) is 23.1 Å². The molecule has 2 rings (SSSR count). The van der Waals surface area contributed by atoms with E-state index in [1.54, 1.807) is 65.8 Å². The summed E-state index contributed by atoms with van der Waals surface area (Å²) in [7, 11) is 0. The molecule has 212 valence electrons. The number of aliphatic imine (C=N–C) groups is 1. The van der Waals surface area contributed by atoms with Crippen LogP contribution in [0, 0.1) is 0 Å². The highest BCUT2D eigenvalue weighted by molar-refractivity contribution is 6.30. The van der Waals surface area contributed by atoms with Crippen LogP contribution in [0.5, 0.6) is 0 Å². The lowest BCUT2D eigenvalue weighted by molar-refractivity contribution is 0.0333. The van der Waals surface area contributed by atoms with E-state index in [2.05, 4.69) is 11.6 Å². The average molecular weight is 577 g/mol. The standard InChI is InChI=1S/C30H39Cl2N3O4/c1-8-9-10-19-34(20-22-11-15-24(31)16-12-22)26(33-27(36)38-29(2,3)4)35(28(37)39-30(5,6)7)21-23-13-17-25(32)18-14-23/h8,11-18H,1,9-10,19-21H2,2-7H3. The van der Waals surface area contributed by atoms with Crippen molar-refractivity contribution in [1.29, 1.82) is 0 Å². The van der Waals surface area contributed by atoms with Gasteiger partial charge in [-0.05, 0) is 89.8 Å². The smallest absolute Gasteiger partial charge is 0.437 e. The SMILES string of the molecule is C=CCCCN(Cc1ccc(Cl)cc1)C(=NC(=O)OC(C)(C)C)N(Cc1ccc(Cl)cc1)C(=O)OC(C)(C)C. The number of halogens is 2. The Bertz CT molecular complexity index is 1130. The molecule has 0 aromatic heterocycles. The quantitative estimate of drug-likeness (QED) is 0.136. The van der Waals surface area contributed by atoms with E-state index >= 15 is 0 Å². The maximum Gasteiger partial charge on any atom is 0.437 e. The highest BCUT2D eigenvalue weighted by Crippen LogP contribution is 2.20. The fraction of sp³-hybridized carbons (Fsp3) is 0.433. The molecule has 39 heavy (non-hydrogen) atoms. The summed E-state index contributed by atoms with van der Waals surface area (Å²) in [6, 6.07) is 14.5. The number of hydrogen-bond acceptors (Lipinski definition) is 4. The van der Waals surface area contributed by atoms with Crippen LogP contribution in [0.15, 0.2) is 66.2 Å². The Morgan fingerprint density at radius 1 is 0.846 bits per heavy atom. The fourth-order valence-corrected chi connectivity index (χ4v) is 3.71. The van der Waals surface area contributed by atoms with Crippen LogP contribution >= 0.6 is 23.2 Å². The molecule has 0 bridgehead atoms. The molecule has 2 amide bonds. The molecular weight excluding hydrogens is 537 g/mol. The van der Waals surface area contributed by atoms with Gasteiger partial charge >= 0.3 is 12.2 Å². The summed E-state index contributed by atoms with van der Waals surface area (Å²) >= 11 is 12.2. The molecule has 0 aliphatic rings. The monoisotopic (exact) mass is 575 g/mol. The van der Waals surface area contributed by atoms with Crippen molar-refractivity contribution in [2.45, 2.75) is 78.7 Å². The minimum Gasteiger partial charge on any atom is -0.443 e. The number of allylic oxidation sites excluding steroid dienone is 1. The summed E-state index contributed by atoms with van der Waals surface area (Å²) in [5.41, 5.74) is 0.142. The summed E-state index contributed by atoms with van der Waals surface area (Å²) in [6.07, 6.45) is 1.81. The Labute approximate surface area is 242 Å². The van der Waals surface area contributed by atoms with Crippen molar-refractivity contribution in [3.8, 4) is 0 Å². The summed E-state index contributed by atoms with van der Waals surface area (Å²) < 4.78 is 11.3. The summed E-state index contributed by atoms with van der Waals surface area (Å²) in [6.45, 7) is 15.4. The number of benzene rings is 2. The van der Waals surface area contributed by atoms with Crippen molar-refractivity contribution >= 4 is 41.3 Å². The zero-order valence-corrected chi connectivity index (χ0v) is 25.2. The van der Waals surface area contributed by atoms with Crippen molar-refractivity contribution in [1.82, 2.24) is 9.80 Å². The minimum atomic E-state index is -0.813. The number of ether oxygens (including phenoxy) is 2. The van der Waals surface area contributed by atoms with Gasteiger partial charge < -0.3 is 14.4 Å². The topological polar surface area (TPSA) is 71.4 Å². The Morgan fingerprint density at radius 3 is 1.79 bits per heavy atom. The first-order chi connectivity index (χ1) is 18.2. The molecule has 0 saturated carbocycles. The molecule has 0 atom stereocenters. The number of rotatable bonds is 8. The van der Waals surface area contributed by atoms with Crippen LogP contribution in [0.1, 0.15) is 65.5 Å². The third-order valence-corrected chi connectivity index (χ3v) is 5.60. The summed E-state index contributed by atoms with van der Waals surface area (Å²) in [4.78, 5) is 34.3. The molecule has 0 aliphatic carbocycles. The molecule has 0 N–H and O–H groups in total. The zero-order valence-electron chi connectivity index (χ0n) is 23.7. The fourth-order valence-electron chi connectivity index (χ4n) is 3.46. The zero-order chi connectivity index (χ0) is 29.2. The molecular formula is C30H39Cl2N3O4. The number of carbonyl (C=O) groups excluding carboxylic acids is 2. The second kappa shape index (κ2) is 14.4. The maximum atomic E-state index is 13.7. The van der Waals surface area contributed by atoms with Gasteiger partial charge in [-0.25, -0.2) is 14.5 Å². The van der Waals surface area contributed by atoms with Gasteiger partial charge in [-0.1, -0.05) is 53.5 Å². The number of nitrogens with zero attached hydrogens (tertiary/aromatic N) is 3. The van der Waals surface area contributed by atoms with Crippen LogP contribution in [0.2, 0.25) is 10.0 Å². The van der Waals surface area contributed by atoms with Crippen molar-refractivity contribution in [2.24, 2.45) is 4.99 Å². The molecule has 0 aliphatic heterocycles. The Morgan fingerprint density at radius 2 is 1.33 bits per heavy atom. The van der Waals surface area contributed by atoms with Gasteiger partial charge in [0.25, 0.3) is 0 Å². The lowest BCUT2D eigenvalue weighted by atomic mass is 10.2. The van der Waals surface area contributed by atoms with Gasteiger partial charge in [0.05, 0.1) is 6.54 Å². The van der Waals surface area contributed by atoms with E-state index < -0.39 is 23.4 Å². The predicted octanol–water partition coefficient (Wildman–Crippen LogP) is 8.49. The van der Waals surface area contributed by atoms with Crippen molar-refractivity contribution in [3.63, 3.8) is 0 Å². The summed E-state index contributed by atoms with van der Waals surface area (Å²) in [5, 5.41) is 1.18. The van der Waals surface area contributed by atoms with E-state index in [9.17, 15) is 9.59 Å². The first-order valence-electron chi connectivity index (χ1n) is 12.8. The van der Waals surface area contributed by atoms with Gasteiger partial charge in [-0.15, -0.1) is 11.6 Å². The van der Waals surface area contributed by atoms with E-state index in [-0.39, 0.29) is 12.5 Å². The van der Waals surface area contributed by atoms with Crippen LogP contribution in [0.3, 0.4) is 0 Å². The predicted molar refractivity (Wildman–Crippen MR) is 158 cm³/mol. The third-order valence-electron chi connectivity index (χ3n) is 5.10. The molecule has 0 spiro atoms. The van der Waals surface area contributed by atoms with Crippen LogP contribution in [0.4, 0.5) is 9.59 Å². The second-order valence-corrected chi connectivity index (χ2v) is 11.9. The van der Waals surface area contributed by atoms with Crippen molar-refractivity contribution in [3.05, 3.63) is 82.4 Å². The lowest BCUT2D eigenvalue weighted by Gasteiger charge is -2.34. The molecule has 0 saturated heterocycles. The Balaban J connectivity index is 2.65. The number of amides is 2. The highest BCUT2D eigenvalue weighted by Gasteiger charge is 2.31. The molecule has 9 heteroatoms. The van der Waals surface area contributed by atoms with Gasteiger partial charge in [0.2, 0.25) is 5.96 Å². The molecule has 7 nitrogen and oxygen atoms in total. The molecule has 0 unspecified atom stereocenters. The molecule has 2 aromatic carbocycles. The second-order valence-electron chi connectivity index (χ2n) is 11.1. The highest BCUT2D eigenvalue weighted by atomic mass is 35.5. The molecule has 0 radical (unpaired) electrons. The first kappa shape index (κ1) is 32.2. The van der Waals surface area contributed by atoms with Crippen molar-refractivity contribution < 1.29 is 19.1 Å². The van der Waals surface area contributed by atoms with E-state index in [1.807, 2.05) is 35.2 Å². The maximum absolute atomic E-state index is 13.7. The average Bonchev–Trinajstić information content (AvgIpc) is 2.81. The van der Waals surface area contributed by atoms with E-state index in [0.717, 1.165) is 17.5 Å². The molecule has 0 heterocycles. The normalized spacial score (nSPS) is 12.1. The van der Waals surface area contributed by atoms with Gasteiger partial charge in [0.1, 0.15) is 11.2 Å². The van der Waals surface area contributed by atoms with Crippen LogP contribution < -0.4 is 0 Å². The lowest BCUT2D eigenvalue weighted by Crippen LogP contribution is -2.49. The van der Waals surface area contributed by atoms with Gasteiger partial charge in [-0.2, -0.15) is 0 Å². The van der Waals surface area contributed by atoms with Crippen LogP contribution in [-0.4, -0.2) is 45.7 Å². The first-order valence-corrected chi connectivity index (χ1v) is 13.6. The number of hydrogen-bond donors (Lipinski definition) is 0. The number of guanidine groups is 1. The van der Waals surface area contributed by atoms with Crippen molar-refractivity contribution in [2.75, 3.05) is 6.54 Å².